The van der Waals surface area contributed by atoms with Crippen molar-refractivity contribution in [2.45, 2.75) is 45.5 Å². The summed E-state index contributed by atoms with van der Waals surface area (Å²) < 4.78 is 48.2. The highest BCUT2D eigenvalue weighted by atomic mass is 19.4. The molecule has 0 saturated carbocycles. The zero-order chi connectivity index (χ0) is 25.8. The van der Waals surface area contributed by atoms with Crippen LogP contribution in [0.3, 0.4) is 0 Å². The molecule has 0 radical (unpaired) electrons. The number of ether oxygens (including phenoxy) is 1. The first kappa shape index (κ1) is 24.9. The Balaban J connectivity index is 1.23. The van der Waals surface area contributed by atoms with Crippen molar-refractivity contribution in [1.29, 1.82) is 0 Å². The Morgan fingerprint density at radius 3 is 2.51 bits per heavy atom. The van der Waals surface area contributed by atoms with Crippen LogP contribution >= 0.6 is 0 Å². The summed E-state index contributed by atoms with van der Waals surface area (Å²) in [5, 5.41) is 8.55. The predicted octanol–water partition coefficient (Wildman–Crippen LogP) is 5.28. The van der Waals surface area contributed by atoms with Gasteiger partial charge in [-0.3, -0.25) is 9.67 Å². The third-order valence-corrected chi connectivity index (χ3v) is 6.25. The molecule has 0 N–H and O–H groups in total. The fraction of sp³-hybridized carbons (Fsp3) is 0.385. The van der Waals surface area contributed by atoms with E-state index in [0.29, 0.717) is 17.8 Å². The van der Waals surface area contributed by atoms with Gasteiger partial charge in [-0.2, -0.15) is 10.1 Å². The third kappa shape index (κ3) is 6.53. The SMILES string of the molecule is Cc1cc(-c2nc(-c3ccc(OC(F)(F)F)cc3)no2)nn1Cc1cccc(CCCN2CCCC2)n1. The Hall–Kier alpha value is -3.73. The second kappa shape index (κ2) is 10.7. The number of rotatable bonds is 9. The molecule has 1 aliphatic rings. The van der Waals surface area contributed by atoms with Gasteiger partial charge in [-0.15, -0.1) is 13.2 Å². The molecule has 4 heterocycles. The summed E-state index contributed by atoms with van der Waals surface area (Å²) in [6, 6.07) is 13.2. The Kier molecular flexibility index (Phi) is 7.22. The lowest BCUT2D eigenvalue weighted by molar-refractivity contribution is -0.274. The molecule has 11 heteroatoms. The summed E-state index contributed by atoms with van der Waals surface area (Å²) in [5.41, 5.74) is 3.91. The molecule has 0 atom stereocenters. The maximum Gasteiger partial charge on any atom is 0.573 e. The molecule has 8 nitrogen and oxygen atoms in total. The van der Waals surface area contributed by atoms with Crippen LogP contribution in [0.5, 0.6) is 5.75 Å². The molecule has 1 saturated heterocycles. The highest BCUT2D eigenvalue weighted by Gasteiger charge is 2.31. The van der Waals surface area contributed by atoms with Gasteiger partial charge in [0.1, 0.15) is 5.75 Å². The summed E-state index contributed by atoms with van der Waals surface area (Å²) in [5.74, 6) is 0.138. The minimum absolute atomic E-state index is 0.219. The maximum absolute atomic E-state index is 12.4. The summed E-state index contributed by atoms with van der Waals surface area (Å²) in [7, 11) is 0. The van der Waals surface area contributed by atoms with Crippen LogP contribution in [0.1, 0.15) is 36.3 Å². The number of alkyl halides is 3. The number of likely N-dealkylation sites (tertiary alicyclic amines) is 1. The van der Waals surface area contributed by atoms with Crippen LogP contribution in [0.4, 0.5) is 13.2 Å². The third-order valence-electron chi connectivity index (χ3n) is 6.25. The molecule has 0 bridgehead atoms. The number of pyridine rings is 1. The summed E-state index contributed by atoms with van der Waals surface area (Å²) in [6.07, 6.45) is -0.0993. The highest BCUT2D eigenvalue weighted by Crippen LogP contribution is 2.27. The standard InChI is InChI=1S/C26H27F3N6O2/c1-18-16-23(25-31-24(33-37-25)19-9-11-22(12-10-19)36-26(27,28)29)32-35(18)17-21-7-4-6-20(30-21)8-5-15-34-13-2-3-14-34/h4,6-7,9-12,16H,2-3,5,8,13-15,17H2,1H3. The molecule has 1 aliphatic heterocycles. The number of aryl methyl sites for hydroxylation is 2. The first-order valence-corrected chi connectivity index (χ1v) is 12.2. The van der Waals surface area contributed by atoms with E-state index in [1.165, 1.54) is 50.2 Å². The molecular weight excluding hydrogens is 485 g/mol. The number of benzene rings is 1. The van der Waals surface area contributed by atoms with Crippen LogP contribution < -0.4 is 4.74 Å². The topological polar surface area (TPSA) is 82.1 Å². The molecule has 194 valence electrons. The van der Waals surface area contributed by atoms with E-state index in [2.05, 4.69) is 30.9 Å². The first-order chi connectivity index (χ1) is 17.8. The van der Waals surface area contributed by atoms with Crippen molar-refractivity contribution < 1.29 is 22.4 Å². The van der Waals surface area contributed by atoms with Gasteiger partial charge in [0.25, 0.3) is 5.89 Å². The maximum atomic E-state index is 12.4. The monoisotopic (exact) mass is 512 g/mol. The first-order valence-electron chi connectivity index (χ1n) is 12.2. The minimum Gasteiger partial charge on any atom is -0.406 e. The van der Waals surface area contributed by atoms with E-state index in [4.69, 9.17) is 9.51 Å². The van der Waals surface area contributed by atoms with E-state index in [-0.39, 0.29) is 17.5 Å². The zero-order valence-electron chi connectivity index (χ0n) is 20.4. The van der Waals surface area contributed by atoms with Gasteiger partial charge < -0.3 is 14.2 Å². The van der Waals surface area contributed by atoms with E-state index in [9.17, 15) is 13.2 Å². The Morgan fingerprint density at radius 2 is 1.76 bits per heavy atom. The Bertz CT molecular complexity index is 1330. The average molecular weight is 513 g/mol. The summed E-state index contributed by atoms with van der Waals surface area (Å²) in [4.78, 5) is 11.7. The number of nitrogens with zero attached hydrogens (tertiary/aromatic N) is 6. The van der Waals surface area contributed by atoms with E-state index in [0.717, 1.165) is 36.5 Å². The minimum atomic E-state index is -4.75. The van der Waals surface area contributed by atoms with Gasteiger partial charge in [-0.25, -0.2) is 0 Å². The van der Waals surface area contributed by atoms with Crippen LogP contribution in [-0.2, 0) is 13.0 Å². The predicted molar refractivity (Wildman–Crippen MR) is 130 cm³/mol. The molecular formula is C26H27F3N6O2. The number of aromatic nitrogens is 5. The lowest BCUT2D eigenvalue weighted by atomic mass is 10.2. The fourth-order valence-electron chi connectivity index (χ4n) is 4.43. The van der Waals surface area contributed by atoms with Crippen LogP contribution in [0.2, 0.25) is 0 Å². The molecule has 1 fully saturated rings. The Labute approximate surface area is 212 Å². The molecule has 0 unspecified atom stereocenters. The van der Waals surface area contributed by atoms with Crippen molar-refractivity contribution in [2.24, 2.45) is 0 Å². The van der Waals surface area contributed by atoms with Gasteiger partial charge in [0, 0.05) is 17.0 Å². The van der Waals surface area contributed by atoms with Crippen molar-refractivity contribution in [2.75, 3.05) is 19.6 Å². The molecule has 0 amide bonds. The number of hydrogen-bond acceptors (Lipinski definition) is 7. The summed E-state index contributed by atoms with van der Waals surface area (Å²) in [6.45, 7) is 5.98. The van der Waals surface area contributed by atoms with E-state index < -0.39 is 6.36 Å². The van der Waals surface area contributed by atoms with Gasteiger partial charge >= 0.3 is 6.36 Å². The van der Waals surface area contributed by atoms with Crippen LogP contribution in [0.15, 0.2) is 53.1 Å². The van der Waals surface area contributed by atoms with Gasteiger partial charge in [-0.1, -0.05) is 11.2 Å². The quantitative estimate of drug-likeness (QED) is 0.302. The van der Waals surface area contributed by atoms with Crippen molar-refractivity contribution >= 4 is 0 Å². The van der Waals surface area contributed by atoms with Crippen molar-refractivity contribution in [3.8, 4) is 28.7 Å². The van der Waals surface area contributed by atoms with Gasteiger partial charge in [0.05, 0.1) is 12.2 Å². The summed E-state index contributed by atoms with van der Waals surface area (Å²) >= 11 is 0. The average Bonchev–Trinajstić information content (AvgIpc) is 3.61. The van der Waals surface area contributed by atoms with E-state index in [1.54, 1.807) is 0 Å². The highest BCUT2D eigenvalue weighted by molar-refractivity contribution is 5.58. The van der Waals surface area contributed by atoms with Gasteiger partial charge in [0.15, 0.2) is 5.69 Å². The zero-order valence-corrected chi connectivity index (χ0v) is 20.4. The second-order valence-corrected chi connectivity index (χ2v) is 9.10. The van der Waals surface area contributed by atoms with Crippen molar-refractivity contribution in [3.63, 3.8) is 0 Å². The number of halogens is 3. The second-order valence-electron chi connectivity index (χ2n) is 9.10. The lowest BCUT2D eigenvalue weighted by Crippen LogP contribution is -2.20. The van der Waals surface area contributed by atoms with Crippen molar-refractivity contribution in [3.05, 3.63) is 65.6 Å². The molecule has 0 aliphatic carbocycles. The molecule has 1 aromatic carbocycles. The molecule has 5 rings (SSSR count). The Morgan fingerprint density at radius 1 is 1.00 bits per heavy atom. The number of hydrogen-bond donors (Lipinski definition) is 0. The van der Waals surface area contributed by atoms with Gasteiger partial charge in [0.2, 0.25) is 5.82 Å². The largest absolute Gasteiger partial charge is 0.573 e. The molecule has 37 heavy (non-hydrogen) atoms. The lowest BCUT2D eigenvalue weighted by Gasteiger charge is -2.14. The molecule has 0 spiro atoms. The van der Waals surface area contributed by atoms with E-state index in [1.807, 2.05) is 29.8 Å². The van der Waals surface area contributed by atoms with Gasteiger partial charge in [-0.05, 0) is 94.7 Å². The normalized spacial score (nSPS) is 14.4. The molecule has 3 aromatic heterocycles. The fourth-order valence-corrected chi connectivity index (χ4v) is 4.43. The smallest absolute Gasteiger partial charge is 0.406 e. The van der Waals surface area contributed by atoms with E-state index >= 15 is 0 Å². The molecule has 4 aromatic rings. The van der Waals surface area contributed by atoms with Crippen molar-refractivity contribution in [1.82, 2.24) is 29.8 Å². The van der Waals surface area contributed by atoms with Crippen LogP contribution in [0, 0.1) is 6.92 Å². The van der Waals surface area contributed by atoms with Crippen LogP contribution in [0.25, 0.3) is 23.0 Å². The van der Waals surface area contributed by atoms with Crippen LogP contribution in [-0.4, -0.2) is 55.8 Å².